The lowest BCUT2D eigenvalue weighted by molar-refractivity contribution is 0.232. The Hall–Kier alpha value is -0.740. The van der Waals surface area contributed by atoms with Crippen LogP contribution in [0.1, 0.15) is 26.3 Å². The van der Waals surface area contributed by atoms with Crippen molar-refractivity contribution in [2.24, 2.45) is 0 Å². The normalized spacial score (nSPS) is 9.29. The average Bonchev–Trinajstić information content (AvgIpc) is 2.21. The summed E-state index contributed by atoms with van der Waals surface area (Å²) in [6.45, 7) is 6.10. The lowest BCUT2D eigenvalue weighted by Gasteiger charge is -2.07. The van der Waals surface area contributed by atoms with Gasteiger partial charge in [-0.2, -0.15) is 0 Å². The third-order valence-corrected chi connectivity index (χ3v) is 1.56. The van der Waals surface area contributed by atoms with E-state index in [1.165, 1.54) is 5.56 Å². The first-order valence-corrected chi connectivity index (χ1v) is 4.94. The van der Waals surface area contributed by atoms with Crippen LogP contribution in [0.25, 0.3) is 0 Å². The van der Waals surface area contributed by atoms with Crippen molar-refractivity contribution >= 4 is 12.9 Å². The summed E-state index contributed by atoms with van der Waals surface area (Å²) in [4.78, 5) is 4.17. The zero-order chi connectivity index (χ0) is 11.0. The van der Waals surface area contributed by atoms with Crippen molar-refractivity contribution in [1.82, 2.24) is 4.98 Å². The average molecular weight is 215 g/mol. The van der Waals surface area contributed by atoms with Crippen molar-refractivity contribution in [3.63, 3.8) is 0 Å². The molecule has 0 spiro atoms. The van der Waals surface area contributed by atoms with Crippen LogP contribution in [0.2, 0.25) is 0 Å². The summed E-state index contributed by atoms with van der Waals surface area (Å²) in [6.07, 6.45) is 3.08. The molecule has 1 aromatic rings. The molecule has 0 saturated carbocycles. The molecule has 0 atom stereocenters. The summed E-state index contributed by atoms with van der Waals surface area (Å²) in [7, 11) is 0. The number of thiol groups is 1. The summed E-state index contributed by atoms with van der Waals surface area (Å²) in [5.41, 5.74) is 1.24. The van der Waals surface area contributed by atoms with Crippen LogP contribution in [0.3, 0.4) is 0 Å². The number of hydrogen-bond acceptors (Lipinski definition) is 4. The van der Waals surface area contributed by atoms with Crippen LogP contribution in [-0.2, 0) is 6.42 Å². The van der Waals surface area contributed by atoms with Crippen molar-refractivity contribution in [1.29, 1.82) is 0 Å². The van der Waals surface area contributed by atoms with Gasteiger partial charge in [0, 0.05) is 12.3 Å². The molecule has 14 heavy (non-hydrogen) atoms. The van der Waals surface area contributed by atoms with E-state index in [1.807, 2.05) is 32.2 Å². The minimum absolute atomic E-state index is 0.199. The topological polar surface area (TPSA) is 42.4 Å². The summed E-state index contributed by atoms with van der Waals surface area (Å²) >= 11 is 2.53. The Morgan fingerprint density at radius 3 is 2.43 bits per heavy atom. The molecule has 0 amide bonds. The number of aryl methyl sites for hydroxylation is 1. The van der Waals surface area contributed by atoms with E-state index in [9.17, 15) is 0 Å². The standard InChI is InChI=1S/C10H15NO.H2OS/c1-4-9-5-6-10(11-7-9)12-8(2)3;1-2/h5-8H,4H2,1-3H3;1-2H. The molecular weight excluding hydrogens is 198 g/mol. The number of nitrogens with zero attached hydrogens (tertiary/aromatic N) is 1. The molecule has 0 aliphatic heterocycles. The van der Waals surface area contributed by atoms with Gasteiger partial charge in [0.05, 0.1) is 6.10 Å². The van der Waals surface area contributed by atoms with Crippen LogP contribution in [0.5, 0.6) is 5.88 Å². The fourth-order valence-electron chi connectivity index (χ4n) is 0.931. The number of ether oxygens (including phenoxy) is 1. The molecule has 0 radical (unpaired) electrons. The van der Waals surface area contributed by atoms with Gasteiger partial charge in [-0.15, -0.1) is 0 Å². The summed E-state index contributed by atoms with van der Waals surface area (Å²) in [5, 5.41) is 0. The number of pyridine rings is 1. The highest BCUT2D eigenvalue weighted by Crippen LogP contribution is 2.09. The molecule has 4 heteroatoms. The van der Waals surface area contributed by atoms with Gasteiger partial charge in [0.15, 0.2) is 0 Å². The lowest BCUT2D eigenvalue weighted by Crippen LogP contribution is -2.06. The van der Waals surface area contributed by atoms with Crippen LogP contribution in [-0.4, -0.2) is 15.6 Å². The van der Waals surface area contributed by atoms with Crippen LogP contribution in [0, 0.1) is 0 Å². The predicted octanol–water partition coefficient (Wildman–Crippen LogP) is 2.82. The molecule has 1 N–H and O–H groups in total. The van der Waals surface area contributed by atoms with Gasteiger partial charge in [0.1, 0.15) is 0 Å². The summed E-state index contributed by atoms with van der Waals surface area (Å²) in [5.74, 6) is 0.710. The van der Waals surface area contributed by atoms with Crippen LogP contribution < -0.4 is 4.74 Å². The zero-order valence-electron chi connectivity index (χ0n) is 8.77. The van der Waals surface area contributed by atoms with Gasteiger partial charge in [0.2, 0.25) is 5.88 Å². The molecule has 1 heterocycles. The number of aromatic nitrogens is 1. The quantitative estimate of drug-likeness (QED) is 0.602. The van der Waals surface area contributed by atoms with E-state index >= 15 is 0 Å². The molecule has 0 aromatic carbocycles. The number of hydrogen-bond donors (Lipinski definition) is 2. The van der Waals surface area contributed by atoms with Crippen molar-refractivity contribution < 1.29 is 9.29 Å². The maximum absolute atomic E-state index is 6.69. The Labute approximate surface area is 90.8 Å². The first kappa shape index (κ1) is 13.3. The first-order chi connectivity index (χ1) is 6.72. The van der Waals surface area contributed by atoms with Gasteiger partial charge >= 0.3 is 0 Å². The molecule has 1 aromatic heterocycles. The SMILES string of the molecule is CCc1ccc(OC(C)C)nc1.OS. The lowest BCUT2D eigenvalue weighted by atomic mass is 10.2. The Bertz CT molecular complexity index is 236. The predicted molar refractivity (Wildman–Crippen MR) is 61.0 cm³/mol. The third-order valence-electron chi connectivity index (χ3n) is 1.56. The van der Waals surface area contributed by atoms with Crippen molar-refractivity contribution in [2.75, 3.05) is 0 Å². The molecule has 3 nitrogen and oxygen atoms in total. The van der Waals surface area contributed by atoms with E-state index in [2.05, 4.69) is 24.8 Å². The van der Waals surface area contributed by atoms with Crippen molar-refractivity contribution in [2.45, 2.75) is 33.3 Å². The third kappa shape index (κ3) is 5.09. The Morgan fingerprint density at radius 2 is 2.07 bits per heavy atom. The molecule has 0 unspecified atom stereocenters. The van der Waals surface area contributed by atoms with Crippen LogP contribution >= 0.6 is 12.9 Å². The molecular formula is C10H17NO2S. The molecule has 0 aliphatic carbocycles. The van der Waals surface area contributed by atoms with E-state index in [-0.39, 0.29) is 6.10 Å². The van der Waals surface area contributed by atoms with Crippen LogP contribution in [0.4, 0.5) is 0 Å². The molecule has 0 saturated heterocycles. The van der Waals surface area contributed by atoms with E-state index in [0.717, 1.165) is 6.42 Å². The fraction of sp³-hybridized carbons (Fsp3) is 0.500. The largest absolute Gasteiger partial charge is 0.475 e. The molecule has 1 rings (SSSR count). The second kappa shape index (κ2) is 7.64. The van der Waals surface area contributed by atoms with Gasteiger partial charge < -0.3 is 9.29 Å². The van der Waals surface area contributed by atoms with Gasteiger partial charge in [-0.25, -0.2) is 4.98 Å². The zero-order valence-corrected chi connectivity index (χ0v) is 9.66. The van der Waals surface area contributed by atoms with Crippen LogP contribution in [0.15, 0.2) is 18.3 Å². The van der Waals surface area contributed by atoms with Gasteiger partial charge in [-0.05, 0) is 38.7 Å². The maximum Gasteiger partial charge on any atom is 0.213 e. The van der Waals surface area contributed by atoms with Crippen molar-refractivity contribution in [3.05, 3.63) is 23.9 Å². The van der Waals surface area contributed by atoms with E-state index in [1.54, 1.807) is 0 Å². The summed E-state index contributed by atoms with van der Waals surface area (Å²) < 4.78 is 12.1. The second-order valence-electron chi connectivity index (χ2n) is 3.02. The minimum Gasteiger partial charge on any atom is -0.475 e. The highest BCUT2D eigenvalue weighted by Gasteiger charge is 1.97. The monoisotopic (exact) mass is 215 g/mol. The van der Waals surface area contributed by atoms with Crippen molar-refractivity contribution in [3.8, 4) is 5.88 Å². The number of rotatable bonds is 3. The minimum atomic E-state index is 0.199. The summed E-state index contributed by atoms with van der Waals surface area (Å²) in [6, 6.07) is 3.96. The van der Waals surface area contributed by atoms with Gasteiger partial charge in [-0.3, -0.25) is 0 Å². The Kier molecular flexibility index (Phi) is 7.24. The Balaban J connectivity index is 0.000000791. The molecule has 0 bridgehead atoms. The Morgan fingerprint density at radius 1 is 1.43 bits per heavy atom. The van der Waals surface area contributed by atoms with E-state index < -0.39 is 0 Å². The maximum atomic E-state index is 6.69. The highest BCUT2D eigenvalue weighted by molar-refractivity contribution is 7.74. The second-order valence-corrected chi connectivity index (χ2v) is 3.02. The molecule has 0 aliphatic rings. The van der Waals surface area contributed by atoms with E-state index in [4.69, 9.17) is 9.29 Å². The van der Waals surface area contributed by atoms with Gasteiger partial charge in [-0.1, -0.05) is 13.0 Å². The van der Waals surface area contributed by atoms with Gasteiger partial charge in [0.25, 0.3) is 0 Å². The molecule has 0 fully saturated rings. The molecule has 80 valence electrons. The smallest absolute Gasteiger partial charge is 0.213 e. The fourth-order valence-corrected chi connectivity index (χ4v) is 0.931. The highest BCUT2D eigenvalue weighted by atomic mass is 32.1. The van der Waals surface area contributed by atoms with E-state index in [0.29, 0.717) is 5.88 Å². The first-order valence-electron chi connectivity index (χ1n) is 4.54.